The summed E-state index contributed by atoms with van der Waals surface area (Å²) in [5, 5.41) is 8.32. The van der Waals surface area contributed by atoms with Gasteiger partial charge in [-0.15, -0.1) is 10.2 Å². The van der Waals surface area contributed by atoms with E-state index < -0.39 is 9.05 Å². The normalized spacial score (nSPS) is 11.8. The summed E-state index contributed by atoms with van der Waals surface area (Å²) in [6.07, 6.45) is 0. The first-order valence-electron chi connectivity index (χ1n) is 4.69. The maximum absolute atomic E-state index is 10.7. The van der Waals surface area contributed by atoms with Gasteiger partial charge in [0.05, 0.1) is 11.3 Å². The lowest BCUT2D eigenvalue weighted by Gasteiger charge is -1.99. The highest BCUT2D eigenvalue weighted by molar-refractivity contribution is 8.14. The average Bonchev–Trinajstić information content (AvgIpc) is 2.27. The van der Waals surface area contributed by atoms with Crippen LogP contribution in [0.1, 0.15) is 0 Å². The molecule has 0 amide bonds. The van der Waals surface area contributed by atoms with E-state index in [1.807, 2.05) is 24.3 Å². The zero-order valence-corrected chi connectivity index (χ0v) is 11.0. The van der Waals surface area contributed by atoms with Crippen LogP contribution in [0.3, 0.4) is 0 Å². The molecule has 0 saturated carbocycles. The third-order valence-electron chi connectivity index (χ3n) is 1.90. The molecule has 1 aromatic heterocycles. The van der Waals surface area contributed by atoms with Gasteiger partial charge >= 0.3 is 0 Å². The smallest absolute Gasteiger partial charge is 0.219 e. The molecule has 0 radical (unpaired) electrons. The van der Waals surface area contributed by atoms with Gasteiger partial charge in [0.1, 0.15) is 5.52 Å². The van der Waals surface area contributed by atoms with Crippen molar-refractivity contribution in [3.8, 4) is 0 Å². The van der Waals surface area contributed by atoms with E-state index in [1.165, 1.54) is 11.8 Å². The Kier molecular flexibility index (Phi) is 3.80. The third-order valence-corrected chi connectivity index (χ3v) is 4.15. The van der Waals surface area contributed by atoms with Crippen LogP contribution < -0.4 is 0 Å². The first kappa shape index (κ1) is 12.5. The SMILES string of the molecule is O=S(=O)(Cl)CCSc1nnc2ccccc2n1. The number of hydrogen-bond acceptors (Lipinski definition) is 6. The Morgan fingerprint density at radius 2 is 1.88 bits per heavy atom. The fourth-order valence-electron chi connectivity index (χ4n) is 1.16. The monoisotopic (exact) mass is 289 g/mol. The van der Waals surface area contributed by atoms with Crippen molar-refractivity contribution >= 4 is 42.5 Å². The van der Waals surface area contributed by atoms with Crippen molar-refractivity contribution in [2.45, 2.75) is 5.16 Å². The number of aromatic nitrogens is 3. The second kappa shape index (κ2) is 5.16. The minimum Gasteiger partial charge on any atom is -0.219 e. The lowest BCUT2D eigenvalue weighted by atomic mass is 10.3. The standard InChI is InChI=1S/C9H8ClN3O2S2/c10-17(14,15)6-5-16-9-11-7-3-1-2-4-8(7)12-13-9/h1-4H,5-6H2. The first-order chi connectivity index (χ1) is 8.04. The van der Waals surface area contributed by atoms with Crippen LogP contribution in [0.2, 0.25) is 0 Å². The summed E-state index contributed by atoms with van der Waals surface area (Å²) in [7, 11) is 1.64. The van der Waals surface area contributed by atoms with Gasteiger partial charge in [-0.05, 0) is 12.1 Å². The topological polar surface area (TPSA) is 72.8 Å². The van der Waals surface area contributed by atoms with Crippen molar-refractivity contribution in [2.24, 2.45) is 0 Å². The Morgan fingerprint density at radius 3 is 2.59 bits per heavy atom. The van der Waals surface area contributed by atoms with Crippen molar-refractivity contribution in [2.75, 3.05) is 11.5 Å². The number of benzene rings is 1. The second-order valence-corrected chi connectivity index (χ2v) is 7.13. The zero-order chi connectivity index (χ0) is 12.3. The molecule has 0 atom stereocenters. The number of thioether (sulfide) groups is 1. The van der Waals surface area contributed by atoms with Crippen LogP contribution in [0.5, 0.6) is 0 Å². The molecule has 0 aliphatic carbocycles. The molecule has 0 spiro atoms. The molecule has 5 nitrogen and oxygen atoms in total. The summed E-state index contributed by atoms with van der Waals surface area (Å²) in [4.78, 5) is 4.25. The summed E-state index contributed by atoms with van der Waals surface area (Å²) in [6, 6.07) is 7.35. The predicted octanol–water partition coefficient (Wildman–Crippen LogP) is 1.69. The largest absolute Gasteiger partial charge is 0.233 e. The van der Waals surface area contributed by atoms with Crippen molar-refractivity contribution in [1.82, 2.24) is 15.2 Å². The Bertz CT molecular complexity index is 633. The number of nitrogens with zero attached hydrogens (tertiary/aromatic N) is 3. The average molecular weight is 290 g/mol. The molecule has 8 heteroatoms. The van der Waals surface area contributed by atoms with Gasteiger partial charge in [-0.3, -0.25) is 0 Å². The molecular weight excluding hydrogens is 282 g/mol. The Labute approximate surface area is 107 Å². The molecule has 1 aromatic carbocycles. The van der Waals surface area contributed by atoms with Gasteiger partial charge in [0.25, 0.3) is 0 Å². The molecule has 2 aromatic rings. The molecule has 0 saturated heterocycles. The molecule has 90 valence electrons. The van der Waals surface area contributed by atoms with Gasteiger partial charge in [-0.1, -0.05) is 23.9 Å². The third kappa shape index (κ3) is 3.79. The molecule has 0 unspecified atom stereocenters. The van der Waals surface area contributed by atoms with Crippen molar-refractivity contribution in [3.05, 3.63) is 24.3 Å². The van der Waals surface area contributed by atoms with Crippen LogP contribution >= 0.6 is 22.4 Å². The summed E-state index contributed by atoms with van der Waals surface area (Å²) < 4.78 is 21.5. The lowest BCUT2D eigenvalue weighted by molar-refractivity contribution is 0.611. The number of rotatable bonds is 4. The van der Waals surface area contributed by atoms with E-state index in [2.05, 4.69) is 15.2 Å². The Hall–Kier alpha value is -0.920. The molecule has 0 aliphatic heterocycles. The number of hydrogen-bond donors (Lipinski definition) is 0. The quantitative estimate of drug-likeness (QED) is 0.630. The molecule has 0 aliphatic rings. The van der Waals surface area contributed by atoms with Gasteiger partial charge in [-0.25, -0.2) is 13.4 Å². The van der Waals surface area contributed by atoms with Gasteiger partial charge in [0.15, 0.2) is 0 Å². The summed E-state index contributed by atoms with van der Waals surface area (Å²) in [6.45, 7) is 0. The maximum atomic E-state index is 10.7. The summed E-state index contributed by atoms with van der Waals surface area (Å²) in [5.41, 5.74) is 1.44. The molecule has 2 rings (SSSR count). The molecule has 0 fully saturated rings. The van der Waals surface area contributed by atoms with Crippen molar-refractivity contribution in [1.29, 1.82) is 0 Å². The Balaban J connectivity index is 2.09. The minimum absolute atomic E-state index is 0.116. The molecule has 17 heavy (non-hydrogen) atoms. The van der Waals surface area contributed by atoms with Crippen LogP contribution in [0, 0.1) is 0 Å². The van der Waals surface area contributed by atoms with E-state index in [-0.39, 0.29) is 5.75 Å². The van der Waals surface area contributed by atoms with Crippen LogP contribution in [0.15, 0.2) is 29.4 Å². The number of halogens is 1. The maximum Gasteiger partial charge on any atom is 0.233 e. The van der Waals surface area contributed by atoms with Crippen LogP contribution in [0.25, 0.3) is 11.0 Å². The van der Waals surface area contributed by atoms with E-state index in [0.717, 1.165) is 5.52 Å². The van der Waals surface area contributed by atoms with Crippen LogP contribution in [-0.2, 0) is 9.05 Å². The fourth-order valence-corrected chi connectivity index (χ4v) is 3.30. The highest BCUT2D eigenvalue weighted by Gasteiger charge is 2.07. The van der Waals surface area contributed by atoms with Crippen molar-refractivity contribution < 1.29 is 8.42 Å². The lowest BCUT2D eigenvalue weighted by Crippen LogP contribution is -2.01. The zero-order valence-electron chi connectivity index (χ0n) is 8.58. The van der Waals surface area contributed by atoms with Gasteiger partial charge in [-0.2, -0.15) is 0 Å². The summed E-state index contributed by atoms with van der Waals surface area (Å²) >= 11 is 1.21. The highest BCUT2D eigenvalue weighted by Crippen LogP contribution is 2.16. The predicted molar refractivity (Wildman–Crippen MR) is 67.7 cm³/mol. The van der Waals surface area contributed by atoms with Crippen molar-refractivity contribution in [3.63, 3.8) is 0 Å². The van der Waals surface area contributed by atoms with Crippen LogP contribution in [0.4, 0.5) is 0 Å². The summed E-state index contributed by atoms with van der Waals surface area (Å²) in [5.74, 6) is 0.196. The van der Waals surface area contributed by atoms with E-state index in [1.54, 1.807) is 0 Å². The van der Waals surface area contributed by atoms with E-state index in [9.17, 15) is 8.42 Å². The molecule has 1 heterocycles. The Morgan fingerprint density at radius 1 is 1.18 bits per heavy atom. The van der Waals surface area contributed by atoms with E-state index >= 15 is 0 Å². The van der Waals surface area contributed by atoms with E-state index in [0.29, 0.717) is 16.4 Å². The fraction of sp³-hybridized carbons (Fsp3) is 0.222. The van der Waals surface area contributed by atoms with Crippen LogP contribution in [-0.4, -0.2) is 35.1 Å². The number of fused-ring (bicyclic) bond motifs is 1. The molecule has 0 bridgehead atoms. The second-order valence-electron chi connectivity index (χ2n) is 3.17. The highest BCUT2D eigenvalue weighted by atomic mass is 35.7. The van der Waals surface area contributed by atoms with Gasteiger partial charge in [0.2, 0.25) is 14.2 Å². The van der Waals surface area contributed by atoms with E-state index in [4.69, 9.17) is 10.7 Å². The van der Waals surface area contributed by atoms with Gasteiger partial charge < -0.3 is 0 Å². The molecule has 0 N–H and O–H groups in total. The number of para-hydroxylation sites is 1. The van der Waals surface area contributed by atoms with Gasteiger partial charge in [0, 0.05) is 16.4 Å². The minimum atomic E-state index is -3.46. The molecular formula is C9H8ClN3O2S2. The first-order valence-corrected chi connectivity index (χ1v) is 8.15.